The van der Waals surface area contributed by atoms with Crippen molar-refractivity contribution in [3.05, 3.63) is 118 Å². The molecule has 0 bridgehead atoms. The van der Waals surface area contributed by atoms with Crippen molar-refractivity contribution in [3.8, 4) is 11.4 Å². The molecular weight excluding hydrogens is 446 g/mol. The number of H-pyrrole nitrogens is 1. The van der Waals surface area contributed by atoms with Crippen LogP contribution in [0.4, 0.5) is 5.69 Å². The molecule has 1 aromatic heterocycles. The number of aryl methyl sites for hydroxylation is 1. The normalized spacial score (nSPS) is 10.9. The Labute approximate surface area is 201 Å². The van der Waals surface area contributed by atoms with E-state index in [-0.39, 0.29) is 11.7 Å². The van der Waals surface area contributed by atoms with Gasteiger partial charge < -0.3 is 10.3 Å². The molecule has 0 saturated carbocycles. The summed E-state index contributed by atoms with van der Waals surface area (Å²) in [5.41, 5.74) is 5.60. The minimum atomic E-state index is -0.323. The Morgan fingerprint density at radius 3 is 2.38 bits per heavy atom. The Hall–Kier alpha value is -4.22. The highest BCUT2D eigenvalue weighted by molar-refractivity contribution is 6.31. The number of rotatable bonds is 5. The highest BCUT2D eigenvalue weighted by Crippen LogP contribution is 2.25. The van der Waals surface area contributed by atoms with Crippen LogP contribution in [0.1, 0.15) is 31.8 Å². The summed E-state index contributed by atoms with van der Waals surface area (Å²) in [6.45, 7) is 2.03. The number of ketones is 1. The zero-order valence-corrected chi connectivity index (χ0v) is 19.1. The number of aromatic nitrogens is 2. The van der Waals surface area contributed by atoms with Crippen LogP contribution < -0.4 is 5.32 Å². The van der Waals surface area contributed by atoms with E-state index in [4.69, 9.17) is 11.6 Å². The summed E-state index contributed by atoms with van der Waals surface area (Å²) in [6, 6.07) is 26.9. The molecule has 1 amide bonds. The first-order valence-corrected chi connectivity index (χ1v) is 11.1. The average Bonchev–Trinajstić information content (AvgIpc) is 3.28. The van der Waals surface area contributed by atoms with Crippen LogP contribution >= 0.6 is 11.6 Å². The van der Waals surface area contributed by atoms with E-state index in [0.29, 0.717) is 27.4 Å². The first kappa shape index (κ1) is 21.6. The van der Waals surface area contributed by atoms with Gasteiger partial charge in [0.15, 0.2) is 5.78 Å². The number of carbonyl (C=O) groups excluding carboxylic acids is 2. The molecule has 5 nitrogen and oxygen atoms in total. The number of aromatic amines is 1. The van der Waals surface area contributed by atoms with Gasteiger partial charge >= 0.3 is 0 Å². The summed E-state index contributed by atoms with van der Waals surface area (Å²) in [6.07, 6.45) is 0. The number of hydrogen-bond donors (Lipinski definition) is 2. The number of nitrogens with one attached hydrogen (secondary N) is 2. The number of anilines is 1. The van der Waals surface area contributed by atoms with E-state index < -0.39 is 0 Å². The Morgan fingerprint density at radius 1 is 0.853 bits per heavy atom. The monoisotopic (exact) mass is 465 g/mol. The van der Waals surface area contributed by atoms with E-state index in [9.17, 15) is 9.59 Å². The SMILES string of the molecule is Cc1ccc2nc(-c3ccc(C(=O)Nc4ccc(Cl)cc4C(=O)c4ccccc4)cc3)[nH]c2c1. The molecule has 0 atom stereocenters. The lowest BCUT2D eigenvalue weighted by atomic mass is 10.0. The van der Waals surface area contributed by atoms with Crippen molar-refractivity contribution >= 4 is 40.0 Å². The first-order valence-electron chi connectivity index (χ1n) is 10.8. The molecule has 0 fully saturated rings. The van der Waals surface area contributed by atoms with E-state index in [1.165, 1.54) is 0 Å². The number of halogens is 1. The van der Waals surface area contributed by atoms with E-state index >= 15 is 0 Å². The maximum atomic E-state index is 13.0. The predicted octanol–water partition coefficient (Wildman–Crippen LogP) is 6.68. The van der Waals surface area contributed by atoms with Gasteiger partial charge in [0, 0.05) is 27.3 Å². The molecule has 0 aliphatic carbocycles. The Balaban J connectivity index is 1.39. The van der Waals surface area contributed by atoms with Crippen molar-refractivity contribution < 1.29 is 9.59 Å². The van der Waals surface area contributed by atoms with Crippen molar-refractivity contribution in [3.63, 3.8) is 0 Å². The molecule has 5 rings (SSSR count). The Bertz CT molecular complexity index is 1520. The molecule has 166 valence electrons. The van der Waals surface area contributed by atoms with E-state index in [1.807, 2.05) is 43.3 Å². The van der Waals surface area contributed by atoms with Crippen LogP contribution in [-0.2, 0) is 0 Å². The third kappa shape index (κ3) is 4.34. The van der Waals surface area contributed by atoms with Gasteiger partial charge in [0.1, 0.15) is 5.82 Å². The number of hydrogen-bond acceptors (Lipinski definition) is 3. The van der Waals surface area contributed by atoms with Gasteiger partial charge in [-0.2, -0.15) is 0 Å². The van der Waals surface area contributed by atoms with Gasteiger partial charge in [0.05, 0.1) is 16.7 Å². The second kappa shape index (κ2) is 8.96. The van der Waals surface area contributed by atoms with Gasteiger partial charge in [-0.15, -0.1) is 0 Å². The number of nitrogens with zero attached hydrogens (tertiary/aromatic N) is 1. The molecule has 0 spiro atoms. The van der Waals surface area contributed by atoms with Crippen LogP contribution in [0.3, 0.4) is 0 Å². The standard InChI is InChI=1S/C28H20ClN3O2/c1-17-7-13-24-25(15-17)31-27(30-24)19-8-10-20(11-9-19)28(34)32-23-14-12-21(29)16-22(23)26(33)18-5-3-2-4-6-18/h2-16H,1H3,(H,30,31)(H,32,34). The molecule has 0 saturated heterocycles. The fraction of sp³-hybridized carbons (Fsp3) is 0.0357. The molecule has 2 N–H and O–H groups in total. The summed E-state index contributed by atoms with van der Waals surface area (Å²) in [5.74, 6) is 0.200. The zero-order chi connectivity index (χ0) is 23.7. The van der Waals surface area contributed by atoms with Gasteiger partial charge in [-0.3, -0.25) is 9.59 Å². The molecule has 0 radical (unpaired) electrons. The Morgan fingerprint density at radius 2 is 1.62 bits per heavy atom. The number of carbonyl (C=O) groups is 2. The lowest BCUT2D eigenvalue weighted by Gasteiger charge is -2.11. The van der Waals surface area contributed by atoms with Crippen LogP contribution in [0.15, 0.2) is 91.0 Å². The topological polar surface area (TPSA) is 74.8 Å². The highest BCUT2D eigenvalue weighted by atomic mass is 35.5. The number of benzene rings is 4. The third-order valence-electron chi connectivity index (χ3n) is 5.57. The summed E-state index contributed by atoms with van der Waals surface area (Å²) in [4.78, 5) is 33.9. The minimum absolute atomic E-state index is 0.214. The van der Waals surface area contributed by atoms with Crippen LogP contribution in [-0.4, -0.2) is 21.7 Å². The van der Waals surface area contributed by atoms with Crippen LogP contribution in [0.5, 0.6) is 0 Å². The van der Waals surface area contributed by atoms with Crippen molar-refractivity contribution in [2.45, 2.75) is 6.92 Å². The van der Waals surface area contributed by atoms with Gasteiger partial charge in [0.2, 0.25) is 0 Å². The van der Waals surface area contributed by atoms with Crippen LogP contribution in [0.25, 0.3) is 22.4 Å². The number of fused-ring (bicyclic) bond motifs is 1. The molecular formula is C28H20ClN3O2. The fourth-order valence-corrected chi connectivity index (χ4v) is 3.96. The van der Waals surface area contributed by atoms with Crippen molar-refractivity contribution in [1.29, 1.82) is 0 Å². The van der Waals surface area contributed by atoms with E-state index in [0.717, 1.165) is 28.0 Å². The predicted molar refractivity (Wildman–Crippen MR) is 136 cm³/mol. The van der Waals surface area contributed by atoms with Gasteiger partial charge in [-0.1, -0.05) is 60.1 Å². The first-order chi connectivity index (χ1) is 16.5. The number of amides is 1. The third-order valence-corrected chi connectivity index (χ3v) is 5.80. The van der Waals surface area contributed by atoms with Gasteiger partial charge in [-0.05, 0) is 55.0 Å². The smallest absolute Gasteiger partial charge is 0.255 e. The van der Waals surface area contributed by atoms with Gasteiger partial charge in [-0.25, -0.2) is 4.98 Å². The molecule has 5 aromatic rings. The zero-order valence-electron chi connectivity index (χ0n) is 18.3. The second-order valence-electron chi connectivity index (χ2n) is 8.02. The molecule has 0 aliphatic rings. The Kier molecular flexibility index (Phi) is 5.70. The molecule has 1 heterocycles. The largest absolute Gasteiger partial charge is 0.338 e. The van der Waals surface area contributed by atoms with Crippen LogP contribution in [0.2, 0.25) is 5.02 Å². The van der Waals surface area contributed by atoms with Crippen molar-refractivity contribution in [2.75, 3.05) is 5.32 Å². The molecule has 4 aromatic carbocycles. The van der Waals surface area contributed by atoms with Gasteiger partial charge in [0.25, 0.3) is 5.91 Å². The molecule has 0 aliphatic heterocycles. The average molecular weight is 466 g/mol. The molecule has 6 heteroatoms. The lowest BCUT2D eigenvalue weighted by Crippen LogP contribution is -2.15. The molecule has 34 heavy (non-hydrogen) atoms. The minimum Gasteiger partial charge on any atom is -0.338 e. The molecule has 0 unspecified atom stereocenters. The van der Waals surface area contributed by atoms with Crippen LogP contribution in [0, 0.1) is 6.92 Å². The highest BCUT2D eigenvalue weighted by Gasteiger charge is 2.17. The summed E-state index contributed by atoms with van der Waals surface area (Å²) < 4.78 is 0. The summed E-state index contributed by atoms with van der Waals surface area (Å²) in [5, 5.41) is 3.27. The lowest BCUT2D eigenvalue weighted by molar-refractivity contribution is 0.102. The van der Waals surface area contributed by atoms with E-state index in [2.05, 4.69) is 15.3 Å². The van der Waals surface area contributed by atoms with E-state index in [1.54, 1.807) is 54.6 Å². The summed E-state index contributed by atoms with van der Waals surface area (Å²) in [7, 11) is 0. The summed E-state index contributed by atoms with van der Waals surface area (Å²) >= 11 is 6.14. The van der Waals surface area contributed by atoms with Crippen molar-refractivity contribution in [2.24, 2.45) is 0 Å². The van der Waals surface area contributed by atoms with Crippen molar-refractivity contribution in [1.82, 2.24) is 9.97 Å². The quantitative estimate of drug-likeness (QED) is 0.284. The fourth-order valence-electron chi connectivity index (χ4n) is 3.79. The second-order valence-corrected chi connectivity index (χ2v) is 8.46. The maximum absolute atomic E-state index is 13.0. The number of imidazole rings is 1. The maximum Gasteiger partial charge on any atom is 0.255 e.